The highest BCUT2D eigenvalue weighted by atomic mass is 35.5. The van der Waals surface area contributed by atoms with E-state index in [-0.39, 0.29) is 48.5 Å². The van der Waals surface area contributed by atoms with Crippen LogP contribution in [0.15, 0.2) is 71.9 Å². The van der Waals surface area contributed by atoms with E-state index in [4.69, 9.17) is 15.7 Å². The number of amidine groups is 1. The smallest absolute Gasteiger partial charge is 0.338 e. The minimum absolute atomic E-state index is 0. The Morgan fingerprint density at radius 3 is 2.36 bits per heavy atom. The standard InChI is InChI=1S/C31H35N5O5.ClH/c1-3-41-31(39)25-9-8-22(20-28(37)23-6-4-7-24(18-23)29(32)34-40)27(19-25)33-30(38)21-10-12-26(13-11-21)36-15-5-14-35(2)16-17-36;/h4,6-13,18-19,40H,3,5,14-17,20H2,1-2H3,(H2,32,34)(H,33,38);1H. The van der Waals surface area contributed by atoms with Gasteiger partial charge < -0.3 is 30.8 Å². The molecule has 0 saturated carbocycles. The van der Waals surface area contributed by atoms with Crippen LogP contribution in [0, 0.1) is 0 Å². The number of nitrogens with zero attached hydrogens (tertiary/aromatic N) is 3. The topological polar surface area (TPSA) is 138 Å². The third-order valence-electron chi connectivity index (χ3n) is 7.02. The summed E-state index contributed by atoms with van der Waals surface area (Å²) < 4.78 is 5.13. The minimum atomic E-state index is -0.528. The highest BCUT2D eigenvalue weighted by molar-refractivity contribution is 6.07. The molecule has 1 amide bonds. The number of benzene rings is 3. The van der Waals surface area contributed by atoms with Gasteiger partial charge in [-0.1, -0.05) is 29.4 Å². The average molecular weight is 594 g/mol. The number of hydrogen-bond donors (Lipinski definition) is 3. The summed E-state index contributed by atoms with van der Waals surface area (Å²) in [5.74, 6) is -1.25. The van der Waals surface area contributed by atoms with E-state index in [1.165, 1.54) is 12.1 Å². The summed E-state index contributed by atoms with van der Waals surface area (Å²) in [4.78, 5) is 43.5. The number of amides is 1. The van der Waals surface area contributed by atoms with Crippen molar-refractivity contribution < 1.29 is 24.3 Å². The number of nitrogens with two attached hydrogens (primary N) is 1. The Morgan fingerprint density at radius 1 is 0.929 bits per heavy atom. The second-order valence-electron chi connectivity index (χ2n) is 9.90. The van der Waals surface area contributed by atoms with Gasteiger partial charge in [0.2, 0.25) is 0 Å². The second kappa shape index (κ2) is 15.0. The number of Topliss-reactive ketones (excluding diaryl/α,β-unsaturated/α-hetero) is 1. The first-order valence-electron chi connectivity index (χ1n) is 13.5. The fraction of sp³-hybridized carbons (Fsp3) is 0.290. The van der Waals surface area contributed by atoms with Crippen molar-refractivity contribution in [2.75, 3.05) is 50.1 Å². The molecule has 222 valence electrons. The molecule has 1 aliphatic rings. The summed E-state index contributed by atoms with van der Waals surface area (Å²) in [6.07, 6.45) is 1.02. The van der Waals surface area contributed by atoms with E-state index in [1.807, 2.05) is 12.1 Å². The van der Waals surface area contributed by atoms with E-state index in [2.05, 4.69) is 27.3 Å². The fourth-order valence-electron chi connectivity index (χ4n) is 4.70. The molecule has 0 aliphatic carbocycles. The number of anilines is 2. The zero-order chi connectivity index (χ0) is 29.4. The van der Waals surface area contributed by atoms with Gasteiger partial charge in [0, 0.05) is 54.1 Å². The summed E-state index contributed by atoms with van der Waals surface area (Å²) in [5.41, 5.74) is 9.06. The molecule has 3 aromatic carbocycles. The summed E-state index contributed by atoms with van der Waals surface area (Å²) in [5, 5.41) is 14.8. The van der Waals surface area contributed by atoms with Gasteiger partial charge in [-0.2, -0.15) is 0 Å². The SMILES string of the molecule is CCOC(=O)c1ccc(CC(=O)c2cccc(/C(N)=N/O)c2)c(NC(=O)c2ccc(N3CCCN(C)CC3)cc2)c1.Cl. The van der Waals surface area contributed by atoms with Crippen molar-refractivity contribution in [3.8, 4) is 0 Å². The largest absolute Gasteiger partial charge is 0.462 e. The van der Waals surface area contributed by atoms with Crippen molar-refractivity contribution in [3.63, 3.8) is 0 Å². The van der Waals surface area contributed by atoms with Crippen molar-refractivity contribution >= 4 is 47.3 Å². The zero-order valence-electron chi connectivity index (χ0n) is 23.7. The van der Waals surface area contributed by atoms with Gasteiger partial charge in [-0.05, 0) is 75.0 Å². The number of rotatable bonds is 9. The fourth-order valence-corrected chi connectivity index (χ4v) is 4.70. The molecule has 42 heavy (non-hydrogen) atoms. The van der Waals surface area contributed by atoms with Crippen LogP contribution in [0.4, 0.5) is 11.4 Å². The van der Waals surface area contributed by atoms with Crippen LogP contribution in [0.2, 0.25) is 0 Å². The first kappa shape index (κ1) is 32.1. The van der Waals surface area contributed by atoms with Crippen LogP contribution in [0.3, 0.4) is 0 Å². The Labute approximate surface area is 251 Å². The molecule has 0 aromatic heterocycles. The number of ether oxygens (including phenoxy) is 1. The Kier molecular flexibility index (Phi) is 11.5. The van der Waals surface area contributed by atoms with E-state index in [9.17, 15) is 14.4 Å². The molecule has 0 bridgehead atoms. The molecule has 0 radical (unpaired) electrons. The first-order valence-corrected chi connectivity index (χ1v) is 13.5. The Morgan fingerprint density at radius 2 is 1.64 bits per heavy atom. The van der Waals surface area contributed by atoms with Gasteiger partial charge in [-0.25, -0.2) is 4.79 Å². The minimum Gasteiger partial charge on any atom is -0.462 e. The van der Waals surface area contributed by atoms with Gasteiger partial charge in [-0.15, -0.1) is 12.4 Å². The number of carbonyl (C=O) groups excluding carboxylic acids is 3. The van der Waals surface area contributed by atoms with Crippen LogP contribution >= 0.6 is 12.4 Å². The molecule has 0 atom stereocenters. The lowest BCUT2D eigenvalue weighted by Crippen LogP contribution is -2.28. The van der Waals surface area contributed by atoms with Crippen LogP contribution < -0.4 is 16.0 Å². The monoisotopic (exact) mass is 593 g/mol. The number of oxime groups is 1. The molecule has 0 spiro atoms. The molecular formula is C31H36ClN5O5. The number of esters is 1. The molecule has 1 heterocycles. The van der Waals surface area contributed by atoms with Crippen LogP contribution in [-0.4, -0.2) is 73.4 Å². The maximum atomic E-state index is 13.3. The van der Waals surface area contributed by atoms with Gasteiger partial charge >= 0.3 is 5.97 Å². The van der Waals surface area contributed by atoms with Crippen molar-refractivity contribution in [2.24, 2.45) is 10.9 Å². The van der Waals surface area contributed by atoms with Crippen LogP contribution in [0.5, 0.6) is 0 Å². The molecule has 1 fully saturated rings. The summed E-state index contributed by atoms with van der Waals surface area (Å²) in [7, 11) is 2.12. The third-order valence-corrected chi connectivity index (χ3v) is 7.02. The zero-order valence-corrected chi connectivity index (χ0v) is 24.5. The van der Waals surface area contributed by atoms with E-state index < -0.39 is 5.97 Å². The second-order valence-corrected chi connectivity index (χ2v) is 9.90. The predicted octanol–water partition coefficient (Wildman–Crippen LogP) is 4.20. The lowest BCUT2D eigenvalue weighted by Gasteiger charge is -2.23. The summed E-state index contributed by atoms with van der Waals surface area (Å²) in [6.45, 7) is 5.83. The first-order chi connectivity index (χ1) is 19.8. The van der Waals surface area contributed by atoms with E-state index in [0.29, 0.717) is 27.9 Å². The highest BCUT2D eigenvalue weighted by Crippen LogP contribution is 2.23. The van der Waals surface area contributed by atoms with Gasteiger partial charge in [0.05, 0.1) is 12.2 Å². The number of hydrogen-bond acceptors (Lipinski definition) is 8. The normalized spacial score (nSPS) is 14.0. The van der Waals surface area contributed by atoms with Crippen LogP contribution in [-0.2, 0) is 11.2 Å². The van der Waals surface area contributed by atoms with Crippen LogP contribution in [0.25, 0.3) is 0 Å². The van der Waals surface area contributed by atoms with Crippen molar-refractivity contribution in [1.82, 2.24) is 4.90 Å². The Bertz CT molecular complexity index is 1440. The van der Waals surface area contributed by atoms with Gasteiger partial charge in [0.1, 0.15) is 0 Å². The number of nitrogens with one attached hydrogen (secondary N) is 1. The molecule has 0 unspecified atom stereocenters. The highest BCUT2D eigenvalue weighted by Gasteiger charge is 2.18. The lowest BCUT2D eigenvalue weighted by molar-refractivity contribution is 0.0526. The summed E-state index contributed by atoms with van der Waals surface area (Å²) in [6, 6.07) is 18.6. The van der Waals surface area contributed by atoms with Crippen LogP contribution in [0.1, 0.15) is 55.5 Å². The van der Waals surface area contributed by atoms with Gasteiger partial charge in [0.15, 0.2) is 11.6 Å². The van der Waals surface area contributed by atoms with E-state index >= 15 is 0 Å². The summed E-state index contributed by atoms with van der Waals surface area (Å²) >= 11 is 0. The molecule has 1 saturated heterocycles. The molecular weight excluding hydrogens is 558 g/mol. The number of carbonyl (C=O) groups is 3. The maximum Gasteiger partial charge on any atom is 0.338 e. The van der Waals surface area contributed by atoms with Crippen molar-refractivity contribution in [1.29, 1.82) is 0 Å². The van der Waals surface area contributed by atoms with Gasteiger partial charge in [0.25, 0.3) is 5.91 Å². The average Bonchev–Trinajstić information content (AvgIpc) is 3.22. The molecule has 3 aromatic rings. The molecule has 1 aliphatic heterocycles. The number of halogens is 1. The number of likely N-dealkylation sites (N-methyl/N-ethyl adjacent to an activating group) is 1. The molecule has 11 heteroatoms. The van der Waals surface area contributed by atoms with E-state index in [1.54, 1.807) is 49.4 Å². The molecule has 4 rings (SSSR count). The van der Waals surface area contributed by atoms with Gasteiger partial charge in [-0.3, -0.25) is 9.59 Å². The third kappa shape index (κ3) is 8.08. The molecule has 10 nitrogen and oxygen atoms in total. The predicted molar refractivity (Wildman–Crippen MR) is 165 cm³/mol. The molecule has 4 N–H and O–H groups in total. The number of ketones is 1. The lowest BCUT2D eigenvalue weighted by atomic mass is 9.98. The van der Waals surface area contributed by atoms with Crippen molar-refractivity contribution in [2.45, 2.75) is 19.8 Å². The Balaban J connectivity index is 0.00000484. The van der Waals surface area contributed by atoms with E-state index in [0.717, 1.165) is 38.3 Å². The van der Waals surface area contributed by atoms with Crippen molar-refractivity contribution in [3.05, 3.63) is 94.5 Å². The maximum absolute atomic E-state index is 13.3. The quantitative estimate of drug-likeness (QED) is 0.0838. The Hall–Kier alpha value is -4.41.